The van der Waals surface area contributed by atoms with Crippen molar-refractivity contribution in [2.24, 2.45) is 0 Å². The van der Waals surface area contributed by atoms with Crippen LogP contribution >= 0.6 is 0 Å². The molecule has 0 aromatic heterocycles. The van der Waals surface area contributed by atoms with Crippen LogP contribution in [0.4, 0.5) is 4.79 Å². The molecule has 1 N–H and O–H groups in total. The maximum absolute atomic E-state index is 11.2. The summed E-state index contributed by atoms with van der Waals surface area (Å²) in [6.45, 7) is 5.86. The van der Waals surface area contributed by atoms with E-state index in [2.05, 4.69) is 11.2 Å². The second-order valence-electron chi connectivity index (χ2n) is 5.40. The van der Waals surface area contributed by atoms with Crippen molar-refractivity contribution in [3.8, 4) is 0 Å². The highest BCUT2D eigenvalue weighted by Gasteiger charge is 2.15. The predicted molar refractivity (Wildman–Crippen MR) is 70.0 cm³/mol. The predicted octanol–water partition coefficient (Wildman–Crippen LogP) is 3.49. The van der Waals surface area contributed by atoms with Crippen LogP contribution < -0.4 is 5.48 Å². The minimum atomic E-state index is -0.555. The first-order valence-electron chi connectivity index (χ1n) is 6.51. The Kier molecular flexibility index (Phi) is 5.96. The van der Waals surface area contributed by atoms with Crippen molar-refractivity contribution < 1.29 is 14.4 Å². The van der Waals surface area contributed by atoms with Gasteiger partial charge in [0.25, 0.3) is 0 Å². The molecule has 0 atom stereocenters. The lowest BCUT2D eigenvalue weighted by Gasteiger charge is -2.19. The van der Waals surface area contributed by atoms with Crippen LogP contribution in [0.15, 0.2) is 17.4 Å². The summed E-state index contributed by atoms with van der Waals surface area (Å²) in [7, 11) is 0. The standard InChI is InChI=1S/C14H23NO3/c1-14(2,3)18-13(16)15-17-11-7-6-10-12-8-4-5-9-12/h6H,4-5,7-9,11H2,1-3H3,(H,15,16). The molecule has 0 heterocycles. The summed E-state index contributed by atoms with van der Waals surface area (Å²) >= 11 is 0. The Hall–Kier alpha value is -1.25. The number of carbonyl (C=O) groups is 1. The monoisotopic (exact) mass is 253 g/mol. The van der Waals surface area contributed by atoms with Gasteiger partial charge in [0.05, 0.1) is 6.61 Å². The third-order valence-corrected chi connectivity index (χ3v) is 2.43. The van der Waals surface area contributed by atoms with Gasteiger partial charge < -0.3 is 4.74 Å². The number of amides is 1. The Morgan fingerprint density at radius 3 is 2.67 bits per heavy atom. The highest BCUT2D eigenvalue weighted by Crippen LogP contribution is 2.22. The lowest BCUT2D eigenvalue weighted by molar-refractivity contribution is -0.00644. The summed E-state index contributed by atoms with van der Waals surface area (Å²) < 4.78 is 5.02. The Labute approximate surface area is 109 Å². The molecule has 1 rings (SSSR count). The number of hydrogen-bond acceptors (Lipinski definition) is 3. The second kappa shape index (κ2) is 7.24. The zero-order chi connectivity index (χ0) is 13.4. The van der Waals surface area contributed by atoms with Crippen molar-refractivity contribution in [2.75, 3.05) is 6.61 Å². The third-order valence-electron chi connectivity index (χ3n) is 2.43. The Balaban J connectivity index is 2.08. The number of rotatable bonds is 4. The van der Waals surface area contributed by atoms with Gasteiger partial charge in [-0.15, -0.1) is 5.73 Å². The van der Waals surface area contributed by atoms with Gasteiger partial charge >= 0.3 is 6.09 Å². The smallest absolute Gasteiger partial charge is 0.431 e. The fourth-order valence-corrected chi connectivity index (χ4v) is 1.69. The molecule has 0 radical (unpaired) electrons. The Morgan fingerprint density at radius 2 is 2.06 bits per heavy atom. The van der Waals surface area contributed by atoms with Crippen LogP contribution in [-0.4, -0.2) is 18.3 Å². The van der Waals surface area contributed by atoms with E-state index >= 15 is 0 Å². The van der Waals surface area contributed by atoms with Crippen molar-refractivity contribution in [3.63, 3.8) is 0 Å². The number of hydrogen-bond donors (Lipinski definition) is 1. The first kappa shape index (κ1) is 14.8. The van der Waals surface area contributed by atoms with E-state index in [4.69, 9.17) is 9.57 Å². The molecule has 0 aromatic carbocycles. The number of ether oxygens (including phenoxy) is 1. The molecule has 1 aliphatic rings. The summed E-state index contributed by atoms with van der Waals surface area (Å²) in [5.41, 5.74) is 6.43. The van der Waals surface area contributed by atoms with Crippen LogP contribution in [0.3, 0.4) is 0 Å². The van der Waals surface area contributed by atoms with Crippen LogP contribution in [0, 0.1) is 0 Å². The lowest BCUT2D eigenvalue weighted by atomic mass is 10.2. The fraction of sp³-hybridized carbons (Fsp3) is 0.714. The van der Waals surface area contributed by atoms with E-state index in [1.807, 2.05) is 26.8 Å². The quantitative estimate of drug-likeness (QED) is 0.474. The van der Waals surface area contributed by atoms with Crippen molar-refractivity contribution in [1.82, 2.24) is 5.48 Å². The van der Waals surface area contributed by atoms with E-state index in [9.17, 15) is 4.79 Å². The summed E-state index contributed by atoms with van der Waals surface area (Å²) in [4.78, 5) is 16.2. The van der Waals surface area contributed by atoms with E-state index < -0.39 is 11.7 Å². The molecule has 0 bridgehead atoms. The minimum Gasteiger partial charge on any atom is -0.442 e. The van der Waals surface area contributed by atoms with Gasteiger partial charge in [0.2, 0.25) is 0 Å². The average Bonchev–Trinajstić information content (AvgIpc) is 2.73. The normalized spacial score (nSPS) is 15.2. The van der Waals surface area contributed by atoms with E-state index in [1.54, 1.807) is 0 Å². The van der Waals surface area contributed by atoms with Gasteiger partial charge in [-0.05, 0) is 64.5 Å². The summed E-state index contributed by atoms with van der Waals surface area (Å²) in [5, 5.41) is 0. The number of carbonyl (C=O) groups excluding carboxylic acids is 1. The van der Waals surface area contributed by atoms with E-state index in [0.29, 0.717) is 6.61 Å². The third kappa shape index (κ3) is 7.15. The molecule has 1 aliphatic carbocycles. The lowest BCUT2D eigenvalue weighted by Crippen LogP contribution is -2.32. The molecule has 1 fully saturated rings. The highest BCUT2D eigenvalue weighted by atomic mass is 16.7. The molecule has 0 aliphatic heterocycles. The molecule has 0 spiro atoms. The maximum atomic E-state index is 11.2. The SMILES string of the molecule is CC(C)(C)OC(=O)NOCCC=C=C1CCCC1. The van der Waals surface area contributed by atoms with Gasteiger partial charge in [0, 0.05) is 0 Å². The van der Waals surface area contributed by atoms with E-state index in [-0.39, 0.29) is 0 Å². The molecule has 1 saturated carbocycles. The van der Waals surface area contributed by atoms with Crippen LogP contribution in [0.5, 0.6) is 0 Å². The molecular formula is C14H23NO3. The van der Waals surface area contributed by atoms with E-state index in [0.717, 1.165) is 6.42 Å². The van der Waals surface area contributed by atoms with Crippen LogP contribution in [0.2, 0.25) is 0 Å². The van der Waals surface area contributed by atoms with E-state index in [1.165, 1.54) is 31.3 Å². The molecule has 18 heavy (non-hydrogen) atoms. The molecule has 4 nitrogen and oxygen atoms in total. The van der Waals surface area contributed by atoms with Crippen LogP contribution in [0.25, 0.3) is 0 Å². The van der Waals surface area contributed by atoms with Gasteiger partial charge in [0.1, 0.15) is 5.60 Å². The summed E-state index contributed by atoms with van der Waals surface area (Å²) in [5.74, 6) is 0. The van der Waals surface area contributed by atoms with Gasteiger partial charge in [-0.1, -0.05) is 0 Å². The largest absolute Gasteiger partial charge is 0.442 e. The van der Waals surface area contributed by atoms with Crippen molar-refractivity contribution in [3.05, 3.63) is 17.4 Å². The molecule has 0 aromatic rings. The van der Waals surface area contributed by atoms with Gasteiger partial charge in [-0.3, -0.25) is 4.84 Å². The zero-order valence-electron chi connectivity index (χ0n) is 11.5. The maximum Gasteiger partial charge on any atom is 0.431 e. The van der Waals surface area contributed by atoms with Crippen molar-refractivity contribution in [1.29, 1.82) is 0 Å². The van der Waals surface area contributed by atoms with Gasteiger partial charge in [-0.25, -0.2) is 4.79 Å². The first-order valence-corrected chi connectivity index (χ1v) is 6.51. The first-order chi connectivity index (χ1) is 8.47. The summed E-state index contributed by atoms with van der Waals surface area (Å²) in [6.07, 6.45) is 7.07. The van der Waals surface area contributed by atoms with Crippen molar-refractivity contribution in [2.45, 2.75) is 58.5 Å². The summed E-state index contributed by atoms with van der Waals surface area (Å²) in [6, 6.07) is 0. The Morgan fingerprint density at radius 1 is 1.39 bits per heavy atom. The second-order valence-corrected chi connectivity index (χ2v) is 5.40. The topological polar surface area (TPSA) is 47.6 Å². The van der Waals surface area contributed by atoms with Gasteiger partial charge in [0.15, 0.2) is 0 Å². The van der Waals surface area contributed by atoms with Crippen LogP contribution in [0.1, 0.15) is 52.9 Å². The molecule has 0 saturated heterocycles. The molecular weight excluding hydrogens is 230 g/mol. The number of nitrogens with one attached hydrogen (secondary N) is 1. The average molecular weight is 253 g/mol. The minimum absolute atomic E-state index is 0.430. The fourth-order valence-electron chi connectivity index (χ4n) is 1.69. The highest BCUT2D eigenvalue weighted by molar-refractivity contribution is 5.66. The molecule has 4 heteroatoms. The van der Waals surface area contributed by atoms with Crippen molar-refractivity contribution >= 4 is 6.09 Å². The zero-order valence-corrected chi connectivity index (χ0v) is 11.5. The Bertz CT molecular complexity index is 327. The van der Waals surface area contributed by atoms with Gasteiger partial charge in [-0.2, -0.15) is 5.48 Å². The molecule has 0 unspecified atom stereocenters. The number of hydroxylamine groups is 1. The molecule has 1 amide bonds. The van der Waals surface area contributed by atoms with Crippen LogP contribution in [-0.2, 0) is 9.57 Å². The molecule has 102 valence electrons.